The van der Waals surface area contributed by atoms with E-state index in [1.165, 1.54) is 63.4 Å². The van der Waals surface area contributed by atoms with Crippen molar-refractivity contribution in [3.8, 4) is 11.1 Å². The summed E-state index contributed by atoms with van der Waals surface area (Å²) >= 11 is 0. The van der Waals surface area contributed by atoms with Crippen LogP contribution in [-0.2, 0) is 4.74 Å². The van der Waals surface area contributed by atoms with E-state index in [1.54, 1.807) is 12.1 Å². The smallest absolute Gasteiger partial charge is 0.219 e. The summed E-state index contributed by atoms with van der Waals surface area (Å²) in [6, 6.07) is 14.3. The highest BCUT2D eigenvalue weighted by molar-refractivity contribution is 5.96. The van der Waals surface area contributed by atoms with E-state index in [0.29, 0.717) is 24.0 Å². The Labute approximate surface area is 205 Å². The van der Waals surface area contributed by atoms with E-state index in [-0.39, 0.29) is 11.4 Å². The van der Waals surface area contributed by atoms with Gasteiger partial charge in [0.25, 0.3) is 0 Å². The maximum atomic E-state index is 14.9. The number of ether oxygens (including phenoxy) is 1. The van der Waals surface area contributed by atoms with Crippen LogP contribution in [0.4, 0.5) is 4.39 Å². The number of fused-ring (bicyclic) bond motifs is 1. The number of nitrogens with zero attached hydrogens (tertiary/aromatic N) is 1. The molecule has 3 heteroatoms. The Morgan fingerprint density at radius 2 is 1.68 bits per heavy atom. The van der Waals surface area contributed by atoms with Crippen LogP contribution in [0.3, 0.4) is 0 Å². The number of benzene rings is 2. The minimum atomic E-state index is -0.288. The third-order valence-corrected chi connectivity index (χ3v) is 8.57. The average Bonchev–Trinajstić information content (AvgIpc) is 3.21. The fraction of sp³-hybridized carbons (Fsp3) is 0.581. The molecule has 4 atom stereocenters. The molecule has 2 saturated carbocycles. The van der Waals surface area contributed by atoms with Gasteiger partial charge < -0.3 is 4.74 Å². The van der Waals surface area contributed by atoms with Crippen LogP contribution >= 0.6 is 0 Å². The largest absolute Gasteiger partial charge is 0.475 e. The lowest BCUT2D eigenvalue weighted by Gasteiger charge is -2.42. The fourth-order valence-corrected chi connectivity index (χ4v) is 6.58. The first-order chi connectivity index (χ1) is 16.4. The van der Waals surface area contributed by atoms with Crippen molar-refractivity contribution in [3.63, 3.8) is 0 Å². The topological polar surface area (TPSA) is 21.6 Å². The van der Waals surface area contributed by atoms with Gasteiger partial charge in [0.2, 0.25) is 5.90 Å². The molecule has 3 aliphatic rings. The maximum Gasteiger partial charge on any atom is 0.219 e. The van der Waals surface area contributed by atoms with Crippen molar-refractivity contribution in [1.29, 1.82) is 0 Å². The molecular formula is C31H40FNO. The number of hydrogen-bond donors (Lipinski definition) is 0. The molecule has 4 unspecified atom stereocenters. The van der Waals surface area contributed by atoms with E-state index < -0.39 is 0 Å². The molecule has 0 radical (unpaired) electrons. The van der Waals surface area contributed by atoms with Gasteiger partial charge in [0, 0.05) is 0 Å². The lowest BCUT2D eigenvalue weighted by Crippen LogP contribution is -2.30. The first-order valence-electron chi connectivity index (χ1n) is 13.5. The van der Waals surface area contributed by atoms with Crippen LogP contribution in [-0.4, -0.2) is 18.0 Å². The minimum absolute atomic E-state index is 0.272. The van der Waals surface area contributed by atoms with Crippen LogP contribution in [0.1, 0.15) is 95.6 Å². The quantitative estimate of drug-likeness (QED) is 0.422. The molecule has 2 fully saturated rings. The van der Waals surface area contributed by atoms with E-state index >= 15 is 0 Å². The van der Waals surface area contributed by atoms with Gasteiger partial charge in [-0.3, -0.25) is 0 Å². The summed E-state index contributed by atoms with van der Waals surface area (Å²) < 4.78 is 20.5. The molecule has 1 heterocycles. The zero-order chi connectivity index (χ0) is 23.7. The second kappa shape index (κ2) is 9.84. The molecule has 34 heavy (non-hydrogen) atoms. The minimum Gasteiger partial charge on any atom is -0.475 e. The van der Waals surface area contributed by atoms with Gasteiger partial charge in [0.1, 0.15) is 12.4 Å². The Kier molecular flexibility index (Phi) is 6.82. The Morgan fingerprint density at radius 3 is 2.38 bits per heavy atom. The third-order valence-electron chi connectivity index (χ3n) is 8.57. The predicted octanol–water partition coefficient (Wildman–Crippen LogP) is 8.54. The van der Waals surface area contributed by atoms with Crippen LogP contribution in [0.25, 0.3) is 11.1 Å². The Morgan fingerprint density at radius 1 is 0.941 bits per heavy atom. The zero-order valence-corrected chi connectivity index (χ0v) is 21.2. The van der Waals surface area contributed by atoms with Crippen molar-refractivity contribution in [1.82, 2.24) is 0 Å². The molecule has 2 aromatic rings. The molecule has 2 nitrogen and oxygen atoms in total. The molecule has 0 spiro atoms. The van der Waals surface area contributed by atoms with Gasteiger partial charge in [0.15, 0.2) is 0 Å². The van der Waals surface area contributed by atoms with Crippen molar-refractivity contribution >= 4 is 5.90 Å². The van der Waals surface area contributed by atoms with Crippen LogP contribution in [0, 0.1) is 23.6 Å². The number of aliphatic imine (C=N–C) groups is 1. The van der Waals surface area contributed by atoms with Crippen molar-refractivity contribution in [2.24, 2.45) is 22.7 Å². The molecule has 0 aromatic heterocycles. The highest BCUT2D eigenvalue weighted by Gasteiger charge is 2.35. The van der Waals surface area contributed by atoms with Gasteiger partial charge in [0.05, 0.1) is 11.1 Å². The van der Waals surface area contributed by atoms with Crippen LogP contribution < -0.4 is 0 Å². The second-order valence-electron chi connectivity index (χ2n) is 11.7. The van der Waals surface area contributed by atoms with Crippen molar-refractivity contribution < 1.29 is 9.13 Å². The van der Waals surface area contributed by atoms with Crippen LogP contribution in [0.5, 0.6) is 0 Å². The molecule has 0 N–H and O–H groups in total. The molecule has 0 bridgehead atoms. The van der Waals surface area contributed by atoms with E-state index in [0.717, 1.165) is 28.9 Å². The monoisotopic (exact) mass is 461 g/mol. The average molecular weight is 462 g/mol. The highest BCUT2D eigenvalue weighted by Crippen LogP contribution is 2.48. The SMILES string of the molecule is CCCCC1CCC2CC(c3ccc(-c4ccc(C5=NC(C)(C)CO5)c(F)c4)cc3)CCC2C1. The van der Waals surface area contributed by atoms with Gasteiger partial charge in [-0.15, -0.1) is 0 Å². The van der Waals surface area contributed by atoms with E-state index in [4.69, 9.17) is 4.74 Å². The molecule has 2 aromatic carbocycles. The molecule has 182 valence electrons. The predicted molar refractivity (Wildman–Crippen MR) is 139 cm³/mol. The van der Waals surface area contributed by atoms with E-state index in [2.05, 4.69) is 36.2 Å². The van der Waals surface area contributed by atoms with Gasteiger partial charge in [-0.25, -0.2) is 9.38 Å². The molecule has 0 amide bonds. The number of hydrogen-bond acceptors (Lipinski definition) is 2. The summed E-state index contributed by atoms with van der Waals surface area (Å²) in [6.07, 6.45) is 12.6. The van der Waals surface area contributed by atoms with E-state index in [9.17, 15) is 4.39 Å². The summed E-state index contributed by atoms with van der Waals surface area (Å²) in [7, 11) is 0. The van der Waals surface area contributed by atoms with Gasteiger partial charge in [-0.2, -0.15) is 0 Å². The van der Waals surface area contributed by atoms with Crippen molar-refractivity contribution in [2.45, 2.75) is 90.0 Å². The van der Waals surface area contributed by atoms with Gasteiger partial charge in [-0.1, -0.05) is 62.9 Å². The molecule has 5 rings (SSSR count). The maximum absolute atomic E-state index is 14.9. The van der Waals surface area contributed by atoms with Crippen LogP contribution in [0.15, 0.2) is 47.5 Å². The van der Waals surface area contributed by atoms with Crippen molar-refractivity contribution in [3.05, 3.63) is 59.4 Å². The number of halogens is 1. The fourth-order valence-electron chi connectivity index (χ4n) is 6.58. The highest BCUT2D eigenvalue weighted by atomic mass is 19.1. The summed E-state index contributed by atoms with van der Waals surface area (Å²) in [5.74, 6) is 3.70. The zero-order valence-electron chi connectivity index (χ0n) is 21.2. The second-order valence-corrected chi connectivity index (χ2v) is 11.7. The van der Waals surface area contributed by atoms with Gasteiger partial charge >= 0.3 is 0 Å². The van der Waals surface area contributed by atoms with Crippen LogP contribution in [0.2, 0.25) is 0 Å². The summed E-state index contributed by atoms with van der Waals surface area (Å²) in [4.78, 5) is 4.52. The normalized spacial score (nSPS) is 28.2. The summed E-state index contributed by atoms with van der Waals surface area (Å²) in [6.45, 7) is 6.81. The lowest BCUT2D eigenvalue weighted by atomic mass is 9.63. The third kappa shape index (κ3) is 5.09. The Bertz CT molecular complexity index is 1020. The Balaban J connectivity index is 1.23. The number of rotatable bonds is 6. The molecule has 1 aliphatic heterocycles. The van der Waals surface area contributed by atoms with Crippen molar-refractivity contribution in [2.75, 3.05) is 6.61 Å². The first kappa shape index (κ1) is 23.6. The number of unbranched alkanes of at least 4 members (excludes halogenated alkanes) is 1. The van der Waals surface area contributed by atoms with Gasteiger partial charge in [-0.05, 0) is 98.4 Å². The first-order valence-corrected chi connectivity index (χ1v) is 13.5. The summed E-state index contributed by atoms with van der Waals surface area (Å²) in [5.41, 5.74) is 3.59. The summed E-state index contributed by atoms with van der Waals surface area (Å²) in [5, 5.41) is 0. The molecular weight excluding hydrogens is 421 g/mol. The lowest BCUT2D eigenvalue weighted by molar-refractivity contribution is 0.113. The molecule has 0 saturated heterocycles. The standard InChI is InChI=1S/C31H40FNO/c1-4-5-6-21-7-8-26-18-25(14-13-24(26)17-21)22-9-11-23(12-10-22)27-15-16-28(29(32)19-27)30-33-31(2,3)20-34-30/h9-12,15-16,19,21,24-26H,4-8,13-14,17-18,20H2,1-3H3. The molecule has 2 aliphatic carbocycles. The Hall–Kier alpha value is -2.16. The van der Waals surface area contributed by atoms with E-state index in [1.807, 2.05) is 19.9 Å².